The van der Waals surface area contributed by atoms with E-state index in [1.54, 1.807) is 54.6 Å². The largest absolute Gasteiger partial charge is 0.480 e. The number of carboxylic acid groups (broad SMARTS) is 1. The third-order valence-electron chi connectivity index (χ3n) is 4.43. The maximum Gasteiger partial charge on any atom is 0.408 e. The van der Waals surface area contributed by atoms with Gasteiger partial charge in [0.1, 0.15) is 18.5 Å². The van der Waals surface area contributed by atoms with Gasteiger partial charge in [-0.15, -0.1) is 0 Å². The quantitative estimate of drug-likeness (QED) is 0.433. The molecule has 3 rings (SSSR count). The van der Waals surface area contributed by atoms with Crippen LogP contribution in [0.15, 0.2) is 59.4 Å². The number of fused-ring (bicyclic) bond motifs is 1. The predicted molar refractivity (Wildman–Crippen MR) is 115 cm³/mol. The van der Waals surface area contributed by atoms with Crippen LogP contribution in [0, 0.1) is 0 Å². The highest BCUT2D eigenvalue weighted by atomic mass is 16.5. The number of nitrogens with one attached hydrogen (secondary N) is 2. The third kappa shape index (κ3) is 6.00. The Kier molecular flexibility index (Phi) is 7.13. The number of hydrogen-bond donors (Lipinski definition) is 4. The maximum atomic E-state index is 12.5. The lowest BCUT2D eigenvalue weighted by Gasteiger charge is -2.14. The van der Waals surface area contributed by atoms with E-state index in [4.69, 9.17) is 10.5 Å². The summed E-state index contributed by atoms with van der Waals surface area (Å²) in [6.07, 6.45) is 2.46. The highest BCUT2D eigenvalue weighted by Crippen LogP contribution is 2.12. The van der Waals surface area contributed by atoms with Crippen molar-refractivity contribution in [1.29, 1.82) is 0 Å². The molecule has 5 N–H and O–H groups in total. The van der Waals surface area contributed by atoms with Gasteiger partial charge in [-0.3, -0.25) is 4.79 Å². The van der Waals surface area contributed by atoms with Crippen LogP contribution >= 0.6 is 0 Å². The summed E-state index contributed by atoms with van der Waals surface area (Å²) in [5, 5.41) is 12.1. The van der Waals surface area contributed by atoms with Crippen LogP contribution in [0.25, 0.3) is 17.0 Å². The zero-order valence-corrected chi connectivity index (χ0v) is 16.6. The van der Waals surface area contributed by atoms with Crippen molar-refractivity contribution < 1.29 is 19.4 Å². The number of carbonyl (C=O) groups excluding carboxylic acids is 1. The molecule has 1 heterocycles. The van der Waals surface area contributed by atoms with E-state index >= 15 is 0 Å². The van der Waals surface area contributed by atoms with E-state index in [-0.39, 0.29) is 18.9 Å². The van der Waals surface area contributed by atoms with Crippen LogP contribution in [0.4, 0.5) is 4.79 Å². The molecule has 0 bridgehead atoms. The lowest BCUT2D eigenvalue weighted by molar-refractivity contribution is -0.139. The standard InChI is InChI=1S/C22H22N4O5/c23-10-4-7-14-8-9-17-16(11-14)20(27)26-19(24-17)12-18(21(28)29)25-22(30)31-13-15-5-2-1-3-6-15/h1-9,11,18H,10,12-13,23H2,(H,25,30)(H,28,29)(H,24,26,27)/t18-/m0/s1. The van der Waals surface area contributed by atoms with Crippen molar-refractivity contribution in [3.63, 3.8) is 0 Å². The molecule has 1 amide bonds. The molecule has 0 fully saturated rings. The van der Waals surface area contributed by atoms with Crippen LogP contribution in [0.2, 0.25) is 0 Å². The van der Waals surface area contributed by atoms with E-state index in [9.17, 15) is 19.5 Å². The molecule has 0 aliphatic heterocycles. The van der Waals surface area contributed by atoms with Gasteiger partial charge in [0, 0.05) is 13.0 Å². The number of aromatic amines is 1. The summed E-state index contributed by atoms with van der Waals surface area (Å²) in [5.74, 6) is -1.14. The minimum atomic E-state index is -1.32. The number of nitrogens with two attached hydrogens (primary N) is 1. The van der Waals surface area contributed by atoms with E-state index in [2.05, 4.69) is 15.3 Å². The van der Waals surface area contributed by atoms with Gasteiger partial charge in [0.25, 0.3) is 5.56 Å². The smallest absolute Gasteiger partial charge is 0.408 e. The molecular formula is C22H22N4O5. The Balaban J connectivity index is 1.71. The minimum Gasteiger partial charge on any atom is -0.480 e. The highest BCUT2D eigenvalue weighted by molar-refractivity contribution is 5.81. The van der Waals surface area contributed by atoms with Crippen molar-refractivity contribution in [2.45, 2.75) is 19.1 Å². The van der Waals surface area contributed by atoms with Gasteiger partial charge in [0.05, 0.1) is 10.9 Å². The molecule has 0 aliphatic carbocycles. The Hall–Kier alpha value is -3.98. The number of hydrogen-bond acceptors (Lipinski definition) is 6. The molecule has 0 aliphatic rings. The first-order valence-corrected chi connectivity index (χ1v) is 9.56. The molecule has 0 saturated carbocycles. The molecule has 9 nitrogen and oxygen atoms in total. The van der Waals surface area contributed by atoms with Crippen LogP contribution in [0.1, 0.15) is 17.0 Å². The lowest BCUT2D eigenvalue weighted by atomic mass is 10.1. The van der Waals surface area contributed by atoms with E-state index in [1.807, 2.05) is 6.07 Å². The van der Waals surface area contributed by atoms with E-state index < -0.39 is 23.7 Å². The number of ether oxygens (including phenoxy) is 1. The minimum absolute atomic E-state index is 0.00497. The predicted octanol–water partition coefficient (Wildman–Crippen LogP) is 1.82. The van der Waals surface area contributed by atoms with Gasteiger partial charge in [-0.1, -0.05) is 48.6 Å². The number of H-pyrrole nitrogens is 1. The Morgan fingerprint density at radius 1 is 1.23 bits per heavy atom. The van der Waals surface area contributed by atoms with Crippen molar-refractivity contribution in [3.8, 4) is 0 Å². The van der Waals surface area contributed by atoms with Gasteiger partial charge in [0.15, 0.2) is 0 Å². The molecule has 0 saturated heterocycles. The molecule has 9 heteroatoms. The number of carboxylic acids is 1. The van der Waals surface area contributed by atoms with E-state index in [1.165, 1.54) is 0 Å². The number of aromatic nitrogens is 2. The normalized spacial score (nSPS) is 12.0. The second-order valence-electron chi connectivity index (χ2n) is 6.73. The average molecular weight is 422 g/mol. The molecule has 31 heavy (non-hydrogen) atoms. The Morgan fingerprint density at radius 3 is 2.71 bits per heavy atom. The third-order valence-corrected chi connectivity index (χ3v) is 4.43. The number of carbonyl (C=O) groups is 2. The van der Waals surface area contributed by atoms with Gasteiger partial charge in [-0.25, -0.2) is 14.6 Å². The molecule has 1 atom stereocenters. The van der Waals surface area contributed by atoms with Gasteiger partial charge in [0.2, 0.25) is 0 Å². The van der Waals surface area contributed by atoms with Crippen molar-refractivity contribution in [2.24, 2.45) is 5.73 Å². The van der Waals surface area contributed by atoms with E-state index in [0.717, 1.165) is 11.1 Å². The van der Waals surface area contributed by atoms with Crippen LogP contribution < -0.4 is 16.6 Å². The van der Waals surface area contributed by atoms with Crippen LogP contribution in [-0.2, 0) is 22.6 Å². The first-order valence-electron chi connectivity index (χ1n) is 9.56. The molecule has 0 spiro atoms. The molecule has 1 aromatic heterocycles. The van der Waals surface area contributed by atoms with Crippen molar-refractivity contribution in [1.82, 2.24) is 15.3 Å². The summed E-state index contributed by atoms with van der Waals surface area (Å²) >= 11 is 0. The summed E-state index contributed by atoms with van der Waals surface area (Å²) < 4.78 is 5.06. The second-order valence-corrected chi connectivity index (χ2v) is 6.73. The van der Waals surface area contributed by atoms with Gasteiger partial charge in [-0.2, -0.15) is 0 Å². The lowest BCUT2D eigenvalue weighted by Crippen LogP contribution is -2.43. The SMILES string of the molecule is NCC=Cc1ccc2nc(C[C@H](NC(=O)OCc3ccccc3)C(=O)O)[nH]c(=O)c2c1. The number of amides is 1. The monoisotopic (exact) mass is 422 g/mol. The fraction of sp³-hybridized carbons (Fsp3) is 0.182. The van der Waals surface area contributed by atoms with Crippen LogP contribution in [0.3, 0.4) is 0 Å². The molecule has 2 aromatic carbocycles. The van der Waals surface area contributed by atoms with Gasteiger partial charge < -0.3 is 25.9 Å². The second kappa shape index (κ2) is 10.2. The number of rotatable bonds is 8. The summed E-state index contributed by atoms with van der Waals surface area (Å²) in [4.78, 5) is 43.0. The highest BCUT2D eigenvalue weighted by Gasteiger charge is 2.23. The zero-order valence-electron chi connectivity index (χ0n) is 16.6. The summed E-state index contributed by atoms with van der Waals surface area (Å²) in [6.45, 7) is 0.383. The zero-order chi connectivity index (χ0) is 22.2. The Morgan fingerprint density at radius 2 is 2.00 bits per heavy atom. The Bertz CT molecular complexity index is 1160. The number of benzene rings is 2. The van der Waals surface area contributed by atoms with Crippen molar-refractivity contribution >= 4 is 29.0 Å². The fourth-order valence-corrected chi connectivity index (χ4v) is 2.91. The molecule has 0 radical (unpaired) electrons. The molecule has 160 valence electrons. The summed E-state index contributed by atoms with van der Waals surface area (Å²) in [7, 11) is 0. The van der Waals surface area contributed by atoms with Crippen LogP contribution in [-0.4, -0.2) is 39.7 Å². The van der Waals surface area contributed by atoms with Gasteiger partial charge >= 0.3 is 12.1 Å². The van der Waals surface area contributed by atoms with Gasteiger partial charge in [-0.05, 0) is 23.3 Å². The van der Waals surface area contributed by atoms with Crippen LogP contribution in [0.5, 0.6) is 0 Å². The number of alkyl carbamates (subject to hydrolysis) is 1. The summed E-state index contributed by atoms with van der Waals surface area (Å²) in [6, 6.07) is 12.8. The fourth-order valence-electron chi connectivity index (χ4n) is 2.91. The van der Waals surface area contributed by atoms with Crippen molar-refractivity contribution in [2.75, 3.05) is 6.54 Å². The maximum absolute atomic E-state index is 12.5. The topological polar surface area (TPSA) is 147 Å². The average Bonchev–Trinajstić information content (AvgIpc) is 2.76. The number of nitrogens with zero attached hydrogens (tertiary/aromatic N) is 1. The molecular weight excluding hydrogens is 400 g/mol. The van der Waals surface area contributed by atoms with E-state index in [0.29, 0.717) is 17.4 Å². The molecule has 0 unspecified atom stereocenters. The summed E-state index contributed by atoms with van der Waals surface area (Å²) in [5.41, 5.74) is 7.02. The number of aliphatic carboxylic acids is 1. The van der Waals surface area contributed by atoms with Crippen molar-refractivity contribution in [3.05, 3.63) is 81.9 Å². The first-order chi connectivity index (χ1) is 15.0. The first kappa shape index (κ1) is 21.7. The Labute approximate surface area is 177 Å². The molecule has 3 aromatic rings.